The zero-order valence-corrected chi connectivity index (χ0v) is 11.1. The standard InChI is InChI=1S/C16H7NO5/c18-13-8-6-10-11(16(21)22-15(10)20)7-9(8)14(19)12(13)17-4-2-1-3-5-17/h1-7H/p+1. The van der Waals surface area contributed by atoms with Gasteiger partial charge in [0.15, 0.2) is 12.4 Å². The van der Waals surface area contributed by atoms with E-state index in [9.17, 15) is 19.5 Å². The normalized spacial score (nSPS) is 11.5. The first kappa shape index (κ1) is 12.5. The van der Waals surface area contributed by atoms with Gasteiger partial charge in [-0.2, -0.15) is 4.57 Å². The minimum Gasteiger partial charge on any atom is -0.502 e. The van der Waals surface area contributed by atoms with Crippen LogP contribution in [0.4, 0.5) is 0 Å². The van der Waals surface area contributed by atoms with Crippen LogP contribution >= 0.6 is 0 Å². The Kier molecular flexibility index (Phi) is 2.33. The van der Waals surface area contributed by atoms with E-state index in [1.165, 1.54) is 16.7 Å². The Balaban J connectivity index is 2.21. The Labute approximate surface area is 121 Å². The molecule has 106 valence electrons. The number of hydrogen-bond donors (Lipinski definition) is 1. The van der Waals surface area contributed by atoms with E-state index >= 15 is 0 Å². The van der Waals surface area contributed by atoms with E-state index in [4.69, 9.17) is 0 Å². The van der Waals surface area contributed by atoms with Crippen LogP contribution in [0.1, 0.15) is 0 Å². The van der Waals surface area contributed by atoms with Gasteiger partial charge < -0.3 is 9.52 Å². The molecule has 4 rings (SSSR count). The number of furan rings is 1. The molecule has 0 bridgehead atoms. The fourth-order valence-corrected chi connectivity index (χ4v) is 2.67. The molecule has 0 saturated carbocycles. The number of pyridine rings is 1. The summed E-state index contributed by atoms with van der Waals surface area (Å²) in [6.45, 7) is 0. The predicted molar refractivity (Wildman–Crippen MR) is 78.1 cm³/mol. The summed E-state index contributed by atoms with van der Waals surface area (Å²) in [5, 5.41) is 10.9. The molecule has 0 saturated heterocycles. The maximum atomic E-state index is 12.5. The van der Waals surface area contributed by atoms with Crippen molar-refractivity contribution in [1.82, 2.24) is 0 Å². The molecule has 22 heavy (non-hydrogen) atoms. The van der Waals surface area contributed by atoms with Crippen molar-refractivity contribution in [3.05, 3.63) is 73.8 Å². The fraction of sp³-hybridized carbons (Fsp3) is 0. The maximum Gasteiger partial charge on any atom is 0.346 e. The third kappa shape index (κ3) is 1.49. The topological polar surface area (TPSA) is 88.5 Å². The Morgan fingerprint density at radius 2 is 1.41 bits per heavy atom. The highest BCUT2D eigenvalue weighted by Gasteiger charge is 2.26. The van der Waals surface area contributed by atoms with Crippen molar-refractivity contribution in [2.75, 3.05) is 0 Å². The molecule has 0 fully saturated rings. The summed E-state index contributed by atoms with van der Waals surface area (Å²) in [6.07, 6.45) is 3.25. The molecule has 0 amide bonds. The maximum absolute atomic E-state index is 12.5. The van der Waals surface area contributed by atoms with Crippen LogP contribution in [0.5, 0.6) is 5.75 Å². The molecule has 6 heteroatoms. The van der Waals surface area contributed by atoms with Gasteiger partial charge in [-0.3, -0.25) is 4.79 Å². The van der Waals surface area contributed by atoms with Crippen LogP contribution < -0.4 is 21.2 Å². The van der Waals surface area contributed by atoms with Gasteiger partial charge in [-0.15, -0.1) is 0 Å². The zero-order valence-electron chi connectivity index (χ0n) is 11.1. The lowest BCUT2D eigenvalue weighted by Gasteiger charge is -1.92. The average molecular weight is 294 g/mol. The second-order valence-corrected chi connectivity index (χ2v) is 4.93. The number of benzene rings is 1. The van der Waals surface area contributed by atoms with Gasteiger partial charge in [-0.1, -0.05) is 6.07 Å². The van der Waals surface area contributed by atoms with E-state index in [0.29, 0.717) is 0 Å². The molecule has 0 aliphatic rings. The van der Waals surface area contributed by atoms with Gasteiger partial charge in [0.05, 0.1) is 10.8 Å². The first-order chi connectivity index (χ1) is 10.6. The molecule has 0 radical (unpaired) electrons. The lowest BCUT2D eigenvalue weighted by molar-refractivity contribution is -0.596. The highest BCUT2D eigenvalue weighted by atomic mass is 16.4. The van der Waals surface area contributed by atoms with Crippen molar-refractivity contribution in [1.29, 1.82) is 0 Å². The van der Waals surface area contributed by atoms with Crippen LogP contribution in [-0.2, 0) is 0 Å². The van der Waals surface area contributed by atoms with Gasteiger partial charge in [-0.25, -0.2) is 9.59 Å². The number of aromatic hydroxyl groups is 1. The first-order valence-corrected chi connectivity index (χ1v) is 6.47. The molecule has 0 spiro atoms. The second kappa shape index (κ2) is 4.11. The molecule has 2 aromatic carbocycles. The molecule has 0 aliphatic heterocycles. The van der Waals surface area contributed by atoms with Crippen molar-refractivity contribution in [2.24, 2.45) is 0 Å². The molecule has 4 aromatic rings. The summed E-state index contributed by atoms with van der Waals surface area (Å²) in [7, 11) is 0. The second-order valence-electron chi connectivity index (χ2n) is 4.93. The van der Waals surface area contributed by atoms with Crippen LogP contribution in [0, 0.1) is 0 Å². The van der Waals surface area contributed by atoms with Gasteiger partial charge in [0.25, 0.3) is 5.43 Å². The Morgan fingerprint density at radius 1 is 0.818 bits per heavy atom. The van der Waals surface area contributed by atoms with Crippen molar-refractivity contribution >= 4 is 21.5 Å². The van der Waals surface area contributed by atoms with Crippen LogP contribution in [0.15, 0.2) is 61.5 Å². The smallest absolute Gasteiger partial charge is 0.346 e. The highest BCUT2D eigenvalue weighted by molar-refractivity contribution is 6.03. The zero-order chi connectivity index (χ0) is 15.4. The van der Waals surface area contributed by atoms with Crippen LogP contribution in [0.2, 0.25) is 0 Å². The van der Waals surface area contributed by atoms with Crippen molar-refractivity contribution in [3.63, 3.8) is 0 Å². The SMILES string of the molecule is O=c1c(-[n+]2ccccc2)c(O)c2cc3c(=O)oc(=O)c3cc12. The summed E-state index contributed by atoms with van der Waals surface area (Å²) in [6, 6.07) is 7.84. The van der Waals surface area contributed by atoms with Crippen LogP contribution in [0.25, 0.3) is 27.2 Å². The molecule has 1 N–H and O–H groups in total. The molecular weight excluding hydrogens is 286 g/mol. The van der Waals surface area contributed by atoms with Gasteiger partial charge in [0.1, 0.15) is 0 Å². The van der Waals surface area contributed by atoms with E-state index in [-0.39, 0.29) is 33.0 Å². The number of fused-ring (bicyclic) bond motifs is 2. The van der Waals surface area contributed by atoms with E-state index in [0.717, 1.165) is 0 Å². The van der Waals surface area contributed by atoms with Gasteiger partial charge in [-0.05, 0) is 12.1 Å². The number of nitrogens with zero attached hydrogens (tertiary/aromatic N) is 1. The first-order valence-electron chi connectivity index (χ1n) is 6.47. The molecular formula is C16H8NO5+. The molecule has 0 atom stereocenters. The fourth-order valence-electron chi connectivity index (χ4n) is 2.67. The number of rotatable bonds is 1. The van der Waals surface area contributed by atoms with Crippen LogP contribution in [-0.4, -0.2) is 5.11 Å². The summed E-state index contributed by atoms with van der Waals surface area (Å²) in [4.78, 5) is 35.7. The van der Waals surface area contributed by atoms with E-state index in [1.807, 2.05) is 0 Å². The van der Waals surface area contributed by atoms with E-state index in [2.05, 4.69) is 4.42 Å². The minimum absolute atomic E-state index is 0.0456. The largest absolute Gasteiger partial charge is 0.502 e. The van der Waals surface area contributed by atoms with E-state index in [1.54, 1.807) is 30.6 Å². The summed E-state index contributed by atoms with van der Waals surface area (Å²) in [5.41, 5.74) is -1.89. The Bertz CT molecular complexity index is 1180. The molecule has 2 aromatic heterocycles. The third-order valence-corrected chi connectivity index (χ3v) is 3.70. The Morgan fingerprint density at radius 3 is 2.05 bits per heavy atom. The van der Waals surface area contributed by atoms with Crippen molar-refractivity contribution < 1.29 is 14.1 Å². The average Bonchev–Trinajstić information content (AvgIpc) is 2.94. The van der Waals surface area contributed by atoms with Crippen molar-refractivity contribution in [2.45, 2.75) is 0 Å². The molecule has 2 heterocycles. The Hall–Kier alpha value is -3.28. The quantitative estimate of drug-likeness (QED) is 0.517. The van der Waals surface area contributed by atoms with Crippen LogP contribution in [0.3, 0.4) is 0 Å². The minimum atomic E-state index is -0.782. The van der Waals surface area contributed by atoms with Gasteiger partial charge in [0.2, 0.25) is 5.75 Å². The molecule has 0 aliphatic carbocycles. The number of hydrogen-bond acceptors (Lipinski definition) is 5. The molecule has 0 unspecified atom stereocenters. The van der Waals surface area contributed by atoms with Gasteiger partial charge >= 0.3 is 16.9 Å². The summed E-state index contributed by atoms with van der Waals surface area (Å²) >= 11 is 0. The highest BCUT2D eigenvalue weighted by Crippen LogP contribution is 2.29. The lowest BCUT2D eigenvalue weighted by atomic mass is 10.1. The summed E-state index contributed by atoms with van der Waals surface area (Å²) < 4.78 is 5.99. The van der Waals surface area contributed by atoms with Gasteiger partial charge in [0, 0.05) is 22.9 Å². The summed E-state index contributed by atoms with van der Waals surface area (Å²) in [5.74, 6) is -0.230. The monoisotopic (exact) mass is 294 g/mol. The molecule has 6 nitrogen and oxygen atoms in total. The van der Waals surface area contributed by atoms with Crippen molar-refractivity contribution in [3.8, 4) is 11.4 Å². The predicted octanol–water partition coefficient (Wildman–Crippen LogP) is 0.524. The lowest BCUT2D eigenvalue weighted by Crippen LogP contribution is -2.33. The van der Waals surface area contributed by atoms with E-state index < -0.39 is 16.7 Å². The third-order valence-electron chi connectivity index (χ3n) is 3.70. The number of aromatic nitrogens is 1.